The van der Waals surface area contributed by atoms with Crippen LogP contribution in [0.4, 0.5) is 15.3 Å². The molecule has 1 unspecified atom stereocenters. The topological polar surface area (TPSA) is 93.3 Å². The van der Waals surface area contributed by atoms with E-state index in [0.717, 1.165) is 10.6 Å². The fourth-order valence-electron chi connectivity index (χ4n) is 4.25. The average molecular weight is 399 g/mol. The van der Waals surface area contributed by atoms with Gasteiger partial charge in [0.2, 0.25) is 5.91 Å². The van der Waals surface area contributed by atoms with E-state index in [1.54, 1.807) is 14.7 Å². The number of piperazine rings is 1. The maximum absolute atomic E-state index is 13.0. The van der Waals surface area contributed by atoms with E-state index in [2.05, 4.69) is 5.32 Å². The first kappa shape index (κ1) is 19.2. The highest BCUT2D eigenvalue weighted by atomic mass is 16.2. The van der Waals surface area contributed by atoms with Gasteiger partial charge in [0.1, 0.15) is 6.04 Å². The van der Waals surface area contributed by atoms with Gasteiger partial charge in [0.15, 0.2) is 0 Å². The lowest BCUT2D eigenvalue weighted by atomic mass is 9.94. The van der Waals surface area contributed by atoms with Crippen molar-refractivity contribution in [2.75, 3.05) is 45.1 Å². The molecule has 1 aromatic carbocycles. The number of imide groups is 1. The highest BCUT2D eigenvalue weighted by Gasteiger charge is 2.47. The van der Waals surface area contributed by atoms with Crippen molar-refractivity contribution < 1.29 is 19.2 Å². The lowest BCUT2D eigenvalue weighted by Crippen LogP contribution is -2.56. The van der Waals surface area contributed by atoms with Gasteiger partial charge in [-0.3, -0.25) is 14.5 Å². The number of anilines is 1. The summed E-state index contributed by atoms with van der Waals surface area (Å²) in [5, 5.41) is 2.87. The molecule has 3 fully saturated rings. The van der Waals surface area contributed by atoms with Crippen LogP contribution >= 0.6 is 0 Å². The Labute approximate surface area is 169 Å². The number of carbonyl (C=O) groups is 4. The average Bonchev–Trinajstić information content (AvgIpc) is 2.97. The molecule has 0 spiro atoms. The molecule has 0 aliphatic carbocycles. The van der Waals surface area contributed by atoms with Crippen LogP contribution in [0.5, 0.6) is 0 Å². The molecule has 3 heterocycles. The van der Waals surface area contributed by atoms with Crippen LogP contribution in [-0.2, 0) is 9.59 Å². The fourth-order valence-corrected chi connectivity index (χ4v) is 4.25. The minimum atomic E-state index is -0.568. The maximum atomic E-state index is 13.0. The van der Waals surface area contributed by atoms with Crippen molar-refractivity contribution in [2.45, 2.75) is 18.9 Å². The van der Waals surface area contributed by atoms with Crippen LogP contribution in [0.3, 0.4) is 0 Å². The number of piperidine rings is 1. The quantitative estimate of drug-likeness (QED) is 0.752. The second kappa shape index (κ2) is 7.73. The van der Waals surface area contributed by atoms with E-state index in [0.29, 0.717) is 39.0 Å². The minimum Gasteiger partial charge on any atom is -0.338 e. The third kappa shape index (κ3) is 3.64. The van der Waals surface area contributed by atoms with E-state index in [1.165, 1.54) is 7.05 Å². The summed E-state index contributed by atoms with van der Waals surface area (Å²) < 4.78 is 0. The van der Waals surface area contributed by atoms with Crippen molar-refractivity contribution in [3.63, 3.8) is 0 Å². The van der Waals surface area contributed by atoms with Gasteiger partial charge in [0.25, 0.3) is 5.91 Å². The number of fused-ring (bicyclic) bond motifs is 1. The Bertz CT molecular complexity index is 821. The van der Waals surface area contributed by atoms with Gasteiger partial charge in [0.05, 0.1) is 6.54 Å². The fraction of sp³-hybridized carbons (Fsp3) is 0.500. The largest absolute Gasteiger partial charge is 0.338 e. The number of amides is 6. The number of hydrogen-bond donors (Lipinski definition) is 1. The zero-order valence-corrected chi connectivity index (χ0v) is 16.4. The number of rotatable bonds is 2. The summed E-state index contributed by atoms with van der Waals surface area (Å²) in [6.45, 7) is 2.10. The Hall–Kier alpha value is -3.10. The number of hydrogen-bond acceptors (Lipinski definition) is 4. The van der Waals surface area contributed by atoms with Gasteiger partial charge in [-0.2, -0.15) is 0 Å². The standard InChI is InChI=1S/C20H25N5O4/c1-22-18(27)16-13-24(11-12-25(16)20(22)29)17(26)14-7-9-23(10-8-14)19(28)21-15-5-3-2-4-6-15/h2-6,14,16H,7-13H2,1H3,(H,21,28). The van der Waals surface area contributed by atoms with E-state index in [9.17, 15) is 19.2 Å². The first-order chi connectivity index (χ1) is 14.0. The summed E-state index contributed by atoms with van der Waals surface area (Å²) >= 11 is 0. The molecule has 4 rings (SSSR count). The second-order valence-corrected chi connectivity index (χ2v) is 7.73. The van der Waals surface area contributed by atoms with Crippen LogP contribution in [0.25, 0.3) is 0 Å². The van der Waals surface area contributed by atoms with Crippen LogP contribution in [0.2, 0.25) is 0 Å². The molecule has 0 bridgehead atoms. The van der Waals surface area contributed by atoms with Crippen LogP contribution < -0.4 is 5.32 Å². The van der Waals surface area contributed by atoms with Gasteiger partial charge in [-0.25, -0.2) is 9.59 Å². The molecule has 3 aliphatic heterocycles. The maximum Gasteiger partial charge on any atom is 0.327 e. The van der Waals surface area contributed by atoms with Crippen LogP contribution in [0.1, 0.15) is 12.8 Å². The Morgan fingerprint density at radius 1 is 0.966 bits per heavy atom. The van der Waals surface area contributed by atoms with Crippen molar-refractivity contribution in [2.24, 2.45) is 5.92 Å². The summed E-state index contributed by atoms with van der Waals surface area (Å²) in [5.74, 6) is -0.394. The molecule has 29 heavy (non-hydrogen) atoms. The number of nitrogens with zero attached hydrogens (tertiary/aromatic N) is 4. The van der Waals surface area contributed by atoms with Gasteiger partial charge in [-0.1, -0.05) is 18.2 Å². The SMILES string of the molecule is CN1C(=O)C2CN(C(=O)C3CCN(C(=O)Nc4ccccc4)CC3)CCN2C1=O. The molecule has 9 nitrogen and oxygen atoms in total. The Morgan fingerprint density at radius 3 is 2.34 bits per heavy atom. The molecular formula is C20H25N5O4. The van der Waals surface area contributed by atoms with Gasteiger partial charge in [-0.15, -0.1) is 0 Å². The van der Waals surface area contributed by atoms with E-state index in [4.69, 9.17) is 0 Å². The lowest BCUT2D eigenvalue weighted by molar-refractivity contribution is -0.140. The normalized spacial score (nSPS) is 22.7. The summed E-state index contributed by atoms with van der Waals surface area (Å²) in [5.41, 5.74) is 0.745. The first-order valence-corrected chi connectivity index (χ1v) is 9.93. The third-order valence-corrected chi connectivity index (χ3v) is 6.00. The number of likely N-dealkylation sites (N-methyl/N-ethyl adjacent to an activating group) is 1. The van der Waals surface area contributed by atoms with Crippen LogP contribution in [-0.4, -0.2) is 89.3 Å². The number of carbonyl (C=O) groups excluding carboxylic acids is 4. The molecular weight excluding hydrogens is 374 g/mol. The predicted molar refractivity (Wildman–Crippen MR) is 105 cm³/mol. The third-order valence-electron chi connectivity index (χ3n) is 6.00. The number of urea groups is 2. The van der Waals surface area contributed by atoms with E-state index >= 15 is 0 Å². The predicted octanol–water partition coefficient (Wildman–Crippen LogP) is 1.04. The summed E-state index contributed by atoms with van der Waals surface area (Å²) in [4.78, 5) is 55.7. The monoisotopic (exact) mass is 399 g/mol. The van der Waals surface area contributed by atoms with E-state index in [1.807, 2.05) is 30.3 Å². The highest BCUT2D eigenvalue weighted by Crippen LogP contribution is 2.25. The molecule has 0 saturated carbocycles. The Balaban J connectivity index is 1.30. The van der Waals surface area contributed by atoms with Crippen molar-refractivity contribution in [3.8, 4) is 0 Å². The van der Waals surface area contributed by atoms with E-state index < -0.39 is 6.04 Å². The molecule has 0 aromatic heterocycles. The molecule has 9 heteroatoms. The number of benzene rings is 1. The van der Waals surface area contributed by atoms with E-state index in [-0.39, 0.29) is 36.3 Å². The number of para-hydroxylation sites is 1. The number of likely N-dealkylation sites (tertiary alicyclic amines) is 1. The molecule has 1 atom stereocenters. The van der Waals surface area contributed by atoms with Gasteiger partial charge >= 0.3 is 12.1 Å². The zero-order chi connectivity index (χ0) is 20.5. The second-order valence-electron chi connectivity index (χ2n) is 7.73. The Kier molecular flexibility index (Phi) is 5.12. The lowest BCUT2D eigenvalue weighted by Gasteiger charge is -2.39. The van der Waals surface area contributed by atoms with Crippen molar-refractivity contribution in [1.82, 2.24) is 19.6 Å². The number of nitrogens with one attached hydrogen (secondary N) is 1. The summed E-state index contributed by atoms with van der Waals surface area (Å²) in [7, 11) is 1.48. The molecule has 1 N–H and O–H groups in total. The van der Waals surface area contributed by atoms with Crippen molar-refractivity contribution >= 4 is 29.6 Å². The van der Waals surface area contributed by atoms with Crippen LogP contribution in [0.15, 0.2) is 30.3 Å². The zero-order valence-electron chi connectivity index (χ0n) is 16.4. The molecule has 3 aliphatic rings. The highest BCUT2D eigenvalue weighted by molar-refractivity contribution is 6.04. The van der Waals surface area contributed by atoms with Crippen LogP contribution in [0, 0.1) is 5.92 Å². The summed E-state index contributed by atoms with van der Waals surface area (Å²) in [6.07, 6.45) is 1.19. The van der Waals surface area contributed by atoms with Gasteiger partial charge in [-0.05, 0) is 25.0 Å². The van der Waals surface area contributed by atoms with Crippen molar-refractivity contribution in [3.05, 3.63) is 30.3 Å². The first-order valence-electron chi connectivity index (χ1n) is 9.93. The van der Waals surface area contributed by atoms with Crippen molar-refractivity contribution in [1.29, 1.82) is 0 Å². The molecule has 1 aromatic rings. The molecule has 0 radical (unpaired) electrons. The minimum absolute atomic E-state index is 0.0163. The smallest absolute Gasteiger partial charge is 0.327 e. The molecule has 3 saturated heterocycles. The molecule has 154 valence electrons. The van der Waals surface area contributed by atoms with Gasteiger partial charge in [0, 0.05) is 44.8 Å². The summed E-state index contributed by atoms with van der Waals surface area (Å²) in [6, 6.07) is 8.27. The van der Waals surface area contributed by atoms with Gasteiger partial charge < -0.3 is 20.0 Å². The molecule has 6 amide bonds. The Morgan fingerprint density at radius 2 is 1.66 bits per heavy atom.